The molecule has 0 N–H and O–H groups in total. The van der Waals surface area contributed by atoms with E-state index in [1.54, 1.807) is 6.20 Å². The van der Waals surface area contributed by atoms with Gasteiger partial charge in [-0.1, -0.05) is 0 Å². The lowest BCUT2D eigenvalue weighted by molar-refractivity contribution is -0.197. The van der Waals surface area contributed by atoms with Crippen molar-refractivity contribution in [3.05, 3.63) is 52.7 Å². The molecule has 3 aromatic rings. The van der Waals surface area contributed by atoms with Crippen LogP contribution < -0.4 is 4.90 Å². The zero-order valence-corrected chi connectivity index (χ0v) is 18.9. The van der Waals surface area contributed by atoms with Crippen molar-refractivity contribution in [1.82, 2.24) is 19.9 Å². The molecular weight excluding hydrogens is 431 g/mol. The average Bonchev–Trinajstić information content (AvgIpc) is 2.73. The van der Waals surface area contributed by atoms with Crippen molar-refractivity contribution in [2.75, 3.05) is 24.6 Å². The fraction of sp³-hybridized carbons (Fsp3) is 0.500. The summed E-state index contributed by atoms with van der Waals surface area (Å²) >= 11 is 0. The average molecular weight is 458 g/mol. The normalized spacial score (nSPS) is 23.6. The summed E-state index contributed by atoms with van der Waals surface area (Å²) in [6.45, 7) is 7.46. The van der Waals surface area contributed by atoms with E-state index in [1.807, 2.05) is 39.0 Å². The highest BCUT2D eigenvalue weighted by molar-refractivity contribution is 5.80. The van der Waals surface area contributed by atoms with Crippen molar-refractivity contribution >= 4 is 16.9 Å². The first kappa shape index (κ1) is 22.0. The second-order valence-electron chi connectivity index (χ2n) is 9.07. The third-order valence-corrected chi connectivity index (χ3v) is 6.75. The summed E-state index contributed by atoms with van der Waals surface area (Å²) in [5, 5.41) is 0. The summed E-state index contributed by atoms with van der Waals surface area (Å²) < 4.78 is 45.4. The van der Waals surface area contributed by atoms with Crippen LogP contribution in [0.15, 0.2) is 24.4 Å². The second kappa shape index (κ2) is 8.20. The van der Waals surface area contributed by atoms with E-state index in [0.29, 0.717) is 42.2 Å². The Kier molecular flexibility index (Phi) is 5.47. The van der Waals surface area contributed by atoms with Gasteiger partial charge in [0.1, 0.15) is 17.4 Å². The number of nitrogens with zero attached hydrogens (tertiary/aromatic N) is 5. The monoisotopic (exact) mass is 457 g/mol. The number of aromatic nitrogens is 4. The molecule has 0 spiro atoms. The van der Waals surface area contributed by atoms with Crippen LogP contribution in [0.5, 0.6) is 0 Å². The largest absolute Gasteiger partial charge is 0.391 e. The van der Waals surface area contributed by atoms with Crippen LogP contribution in [-0.4, -0.2) is 45.8 Å². The Morgan fingerprint density at radius 2 is 1.79 bits per heavy atom. The maximum absolute atomic E-state index is 13.1. The molecule has 4 heterocycles. The standard InChI is InChI=1S/C24H26F3N5O/c1-13-8-16(4-5-28-13)20-12-32(6-7-33-20)21-11-19-23(30-15(3)14(2)29-19)22(31-21)17-9-18(10-17)24(25,26)27/h4-5,8,11,17-18,20H,6-7,9-10,12H2,1-3H3/t17-,18+,20-/m1/s1. The molecule has 5 rings (SSSR count). The number of aryl methyl sites for hydroxylation is 3. The first-order chi connectivity index (χ1) is 15.7. The lowest BCUT2D eigenvalue weighted by atomic mass is 9.72. The number of ether oxygens (including phenoxy) is 1. The highest BCUT2D eigenvalue weighted by Crippen LogP contribution is 2.50. The summed E-state index contributed by atoms with van der Waals surface area (Å²) in [6.07, 6.45) is -2.43. The van der Waals surface area contributed by atoms with Gasteiger partial charge in [0, 0.05) is 37.0 Å². The highest BCUT2D eigenvalue weighted by Gasteiger charge is 2.49. The minimum absolute atomic E-state index is 0.0473. The molecule has 1 aliphatic heterocycles. The van der Waals surface area contributed by atoms with Crippen molar-refractivity contribution in [3.63, 3.8) is 0 Å². The minimum atomic E-state index is -4.16. The molecule has 0 unspecified atom stereocenters. The van der Waals surface area contributed by atoms with Crippen molar-refractivity contribution in [2.24, 2.45) is 5.92 Å². The smallest absolute Gasteiger partial charge is 0.370 e. The Labute approximate surface area is 190 Å². The summed E-state index contributed by atoms with van der Waals surface area (Å²) in [6, 6.07) is 5.86. The van der Waals surface area contributed by atoms with Crippen LogP contribution in [0.3, 0.4) is 0 Å². The molecule has 1 aliphatic carbocycles. The SMILES string of the molecule is Cc1cc([C@H]2CN(c3cc4nc(C)c(C)nc4c([C@H]4C[C@@H](C(F)(F)F)C4)n3)CCO2)ccn1. The van der Waals surface area contributed by atoms with E-state index < -0.39 is 12.1 Å². The zero-order valence-electron chi connectivity index (χ0n) is 18.9. The van der Waals surface area contributed by atoms with Crippen LogP contribution in [0.2, 0.25) is 0 Å². The maximum atomic E-state index is 13.1. The number of pyridine rings is 2. The number of rotatable bonds is 3. The highest BCUT2D eigenvalue weighted by atomic mass is 19.4. The van der Waals surface area contributed by atoms with Crippen LogP contribution in [0.4, 0.5) is 19.0 Å². The molecule has 6 nitrogen and oxygen atoms in total. The number of alkyl halides is 3. The molecule has 0 bridgehead atoms. The van der Waals surface area contributed by atoms with E-state index >= 15 is 0 Å². The molecule has 1 saturated heterocycles. The fourth-order valence-corrected chi connectivity index (χ4v) is 4.62. The molecule has 2 fully saturated rings. The Bertz CT molecular complexity index is 1190. The first-order valence-corrected chi connectivity index (χ1v) is 11.2. The van der Waals surface area contributed by atoms with Crippen molar-refractivity contribution in [3.8, 4) is 0 Å². The molecule has 0 aromatic carbocycles. The van der Waals surface area contributed by atoms with Gasteiger partial charge in [-0.15, -0.1) is 0 Å². The summed E-state index contributed by atoms with van der Waals surface area (Å²) in [7, 11) is 0. The molecule has 2 aliphatic rings. The van der Waals surface area contributed by atoms with Crippen molar-refractivity contribution in [1.29, 1.82) is 0 Å². The summed E-state index contributed by atoms with van der Waals surface area (Å²) in [5.41, 5.74) is 5.46. The molecule has 0 amide bonds. The Balaban J connectivity index is 1.50. The van der Waals surface area contributed by atoms with Crippen LogP contribution in [0.25, 0.3) is 11.0 Å². The lowest BCUT2D eigenvalue weighted by Gasteiger charge is -2.38. The minimum Gasteiger partial charge on any atom is -0.370 e. The number of morpholine rings is 1. The number of anilines is 1. The first-order valence-electron chi connectivity index (χ1n) is 11.2. The van der Waals surface area contributed by atoms with Gasteiger partial charge in [-0.05, 0) is 51.3 Å². The zero-order chi connectivity index (χ0) is 23.3. The molecular formula is C24H26F3N5O. The molecule has 174 valence electrons. The third kappa shape index (κ3) is 4.26. The van der Waals surface area contributed by atoms with Gasteiger partial charge < -0.3 is 9.64 Å². The molecule has 0 radical (unpaired) electrons. The Morgan fingerprint density at radius 3 is 2.52 bits per heavy atom. The Hall–Kier alpha value is -2.81. The maximum Gasteiger partial charge on any atom is 0.391 e. The predicted octanol–water partition coefficient (Wildman–Crippen LogP) is 4.98. The van der Waals surface area contributed by atoms with Gasteiger partial charge in [0.25, 0.3) is 0 Å². The topological polar surface area (TPSA) is 64.0 Å². The Morgan fingerprint density at radius 1 is 1.03 bits per heavy atom. The third-order valence-electron chi connectivity index (χ3n) is 6.75. The molecule has 1 atom stereocenters. The van der Waals surface area contributed by atoms with E-state index in [9.17, 15) is 13.2 Å². The summed E-state index contributed by atoms with van der Waals surface area (Å²) in [4.78, 5) is 20.6. The van der Waals surface area contributed by atoms with E-state index in [4.69, 9.17) is 14.7 Å². The quantitative estimate of drug-likeness (QED) is 0.553. The number of hydrogen-bond donors (Lipinski definition) is 0. The molecule has 1 saturated carbocycles. The van der Waals surface area contributed by atoms with Crippen LogP contribution in [0.1, 0.15) is 53.2 Å². The number of halogens is 3. The second-order valence-corrected chi connectivity index (χ2v) is 9.07. The van der Waals surface area contributed by atoms with Gasteiger partial charge in [0.05, 0.1) is 35.1 Å². The predicted molar refractivity (Wildman–Crippen MR) is 118 cm³/mol. The van der Waals surface area contributed by atoms with E-state index in [-0.39, 0.29) is 24.9 Å². The van der Waals surface area contributed by atoms with Gasteiger partial charge in [0.2, 0.25) is 0 Å². The van der Waals surface area contributed by atoms with E-state index in [0.717, 1.165) is 22.6 Å². The van der Waals surface area contributed by atoms with Gasteiger partial charge >= 0.3 is 6.18 Å². The van der Waals surface area contributed by atoms with Gasteiger partial charge in [-0.2, -0.15) is 13.2 Å². The lowest BCUT2D eigenvalue weighted by Crippen LogP contribution is -2.39. The molecule has 9 heteroatoms. The molecule has 33 heavy (non-hydrogen) atoms. The fourth-order valence-electron chi connectivity index (χ4n) is 4.62. The summed E-state index contributed by atoms with van der Waals surface area (Å²) in [5.74, 6) is -0.829. The van der Waals surface area contributed by atoms with Crippen LogP contribution in [-0.2, 0) is 4.74 Å². The number of fused-ring (bicyclic) bond motifs is 1. The van der Waals surface area contributed by atoms with Crippen LogP contribution in [0, 0.1) is 26.7 Å². The van der Waals surface area contributed by atoms with E-state index in [1.165, 1.54) is 0 Å². The van der Waals surface area contributed by atoms with Crippen LogP contribution >= 0.6 is 0 Å². The van der Waals surface area contributed by atoms with Crippen molar-refractivity contribution < 1.29 is 17.9 Å². The van der Waals surface area contributed by atoms with Gasteiger partial charge in [-0.25, -0.2) is 15.0 Å². The van der Waals surface area contributed by atoms with Gasteiger partial charge in [0.15, 0.2) is 0 Å². The molecule has 3 aromatic heterocycles. The van der Waals surface area contributed by atoms with Gasteiger partial charge in [-0.3, -0.25) is 4.98 Å². The number of hydrogen-bond acceptors (Lipinski definition) is 6. The van der Waals surface area contributed by atoms with Crippen molar-refractivity contribution in [2.45, 2.75) is 51.8 Å². The van der Waals surface area contributed by atoms with E-state index in [2.05, 4.69) is 14.9 Å².